The molecule has 1 aromatic carbocycles. The van der Waals surface area contributed by atoms with Crippen molar-refractivity contribution < 1.29 is 9.47 Å². The van der Waals surface area contributed by atoms with Crippen molar-refractivity contribution in [2.45, 2.75) is 26.3 Å². The van der Waals surface area contributed by atoms with E-state index in [1.165, 1.54) is 0 Å². The maximum Gasteiger partial charge on any atom is 0.126 e. The van der Waals surface area contributed by atoms with Crippen LogP contribution < -0.4 is 15.2 Å². The smallest absolute Gasteiger partial charge is 0.126 e. The normalized spacial score (nSPS) is 12.0. The molecule has 0 aliphatic heterocycles. The van der Waals surface area contributed by atoms with Crippen molar-refractivity contribution in [3.8, 4) is 11.5 Å². The van der Waals surface area contributed by atoms with E-state index in [-0.39, 0.29) is 6.04 Å². The second-order valence-corrected chi connectivity index (χ2v) is 4.40. The van der Waals surface area contributed by atoms with E-state index >= 15 is 0 Å². The van der Waals surface area contributed by atoms with E-state index in [1.54, 1.807) is 7.11 Å². The lowest BCUT2D eigenvalue weighted by Gasteiger charge is -2.14. The fourth-order valence-electron chi connectivity index (χ4n) is 1.51. The summed E-state index contributed by atoms with van der Waals surface area (Å²) in [6.45, 7) is 8.25. The summed E-state index contributed by atoms with van der Waals surface area (Å²) in [5.41, 5.74) is 7.90. The predicted octanol–water partition coefficient (Wildman–Crippen LogP) is 2.54. The first-order chi connectivity index (χ1) is 8.02. The Morgan fingerprint density at radius 1 is 1.47 bits per heavy atom. The highest BCUT2D eigenvalue weighted by Crippen LogP contribution is 2.26. The number of hydrogen-bond acceptors (Lipinski definition) is 3. The van der Waals surface area contributed by atoms with Crippen LogP contribution in [0.2, 0.25) is 0 Å². The van der Waals surface area contributed by atoms with E-state index in [4.69, 9.17) is 15.2 Å². The molecule has 1 unspecified atom stereocenters. The third-order valence-electron chi connectivity index (χ3n) is 2.29. The lowest BCUT2D eigenvalue weighted by Crippen LogP contribution is -2.18. The second kappa shape index (κ2) is 6.30. The summed E-state index contributed by atoms with van der Waals surface area (Å²) in [6, 6.07) is 5.91. The molecule has 2 N–H and O–H groups in total. The van der Waals surface area contributed by atoms with E-state index in [2.05, 4.69) is 6.58 Å². The van der Waals surface area contributed by atoms with Crippen LogP contribution in [0.1, 0.15) is 19.4 Å². The Balaban J connectivity index is 2.90. The largest absolute Gasteiger partial charge is 0.497 e. The number of benzene rings is 1. The Morgan fingerprint density at radius 3 is 2.71 bits per heavy atom. The Morgan fingerprint density at radius 2 is 2.18 bits per heavy atom. The van der Waals surface area contributed by atoms with E-state index in [1.807, 2.05) is 32.0 Å². The van der Waals surface area contributed by atoms with Crippen LogP contribution in [0.3, 0.4) is 0 Å². The number of methoxy groups -OCH3 is 1. The molecule has 3 nitrogen and oxygen atoms in total. The van der Waals surface area contributed by atoms with Crippen molar-refractivity contribution in [3.63, 3.8) is 0 Å². The molecule has 0 saturated heterocycles. The zero-order valence-electron chi connectivity index (χ0n) is 10.8. The van der Waals surface area contributed by atoms with Crippen LogP contribution in [-0.4, -0.2) is 19.8 Å². The summed E-state index contributed by atoms with van der Waals surface area (Å²) >= 11 is 0. The molecule has 0 aliphatic carbocycles. The van der Waals surface area contributed by atoms with Crippen molar-refractivity contribution in [1.29, 1.82) is 0 Å². The molecular weight excluding hydrogens is 214 g/mol. The van der Waals surface area contributed by atoms with Gasteiger partial charge in [0.15, 0.2) is 0 Å². The number of ether oxygens (including phenoxy) is 2. The number of rotatable bonds is 6. The molecular formula is C14H21NO2. The first kappa shape index (κ1) is 13.6. The van der Waals surface area contributed by atoms with Gasteiger partial charge in [0.25, 0.3) is 0 Å². The third-order valence-corrected chi connectivity index (χ3v) is 2.29. The van der Waals surface area contributed by atoms with E-state index < -0.39 is 0 Å². The molecule has 0 fully saturated rings. The average Bonchev–Trinajstić information content (AvgIpc) is 2.27. The van der Waals surface area contributed by atoms with Gasteiger partial charge >= 0.3 is 0 Å². The van der Waals surface area contributed by atoms with Crippen LogP contribution in [0, 0.1) is 0 Å². The molecule has 0 spiro atoms. The highest BCUT2D eigenvalue weighted by atomic mass is 16.5. The van der Waals surface area contributed by atoms with Gasteiger partial charge < -0.3 is 15.2 Å². The van der Waals surface area contributed by atoms with Crippen molar-refractivity contribution in [1.82, 2.24) is 0 Å². The summed E-state index contributed by atoms with van der Waals surface area (Å²) in [5, 5.41) is 0. The molecule has 17 heavy (non-hydrogen) atoms. The Labute approximate surface area is 103 Å². The van der Waals surface area contributed by atoms with Crippen LogP contribution in [0.25, 0.3) is 0 Å². The number of nitrogens with two attached hydrogens (primary N) is 1. The van der Waals surface area contributed by atoms with Gasteiger partial charge in [0.1, 0.15) is 18.1 Å². The lowest BCUT2D eigenvalue weighted by molar-refractivity contribution is 0.343. The molecule has 0 radical (unpaired) electrons. The molecule has 0 heterocycles. The van der Waals surface area contributed by atoms with Gasteiger partial charge in [-0.15, -0.1) is 0 Å². The van der Waals surface area contributed by atoms with Crippen LogP contribution in [0.4, 0.5) is 0 Å². The van der Waals surface area contributed by atoms with Crippen LogP contribution in [-0.2, 0) is 6.42 Å². The molecule has 0 aliphatic rings. The van der Waals surface area contributed by atoms with Gasteiger partial charge in [0.05, 0.1) is 7.11 Å². The molecule has 1 rings (SSSR count). The predicted molar refractivity (Wildman–Crippen MR) is 70.7 cm³/mol. The molecule has 0 aromatic heterocycles. The van der Waals surface area contributed by atoms with Gasteiger partial charge in [-0.05, 0) is 37.5 Å². The van der Waals surface area contributed by atoms with Gasteiger partial charge in [-0.2, -0.15) is 0 Å². The summed E-state index contributed by atoms with van der Waals surface area (Å²) in [5.74, 6) is 1.61. The zero-order valence-corrected chi connectivity index (χ0v) is 10.8. The van der Waals surface area contributed by atoms with Gasteiger partial charge in [-0.1, -0.05) is 12.6 Å². The Bertz CT molecular complexity index is 386. The average molecular weight is 235 g/mol. The van der Waals surface area contributed by atoms with Gasteiger partial charge in [-0.3, -0.25) is 0 Å². The minimum atomic E-state index is 0.107. The van der Waals surface area contributed by atoms with E-state index in [0.29, 0.717) is 6.61 Å². The van der Waals surface area contributed by atoms with E-state index in [0.717, 1.165) is 29.1 Å². The van der Waals surface area contributed by atoms with Gasteiger partial charge in [-0.25, -0.2) is 0 Å². The van der Waals surface area contributed by atoms with Crippen molar-refractivity contribution >= 4 is 0 Å². The quantitative estimate of drug-likeness (QED) is 0.771. The first-order valence-electron chi connectivity index (χ1n) is 5.72. The van der Waals surface area contributed by atoms with Crippen molar-refractivity contribution in [3.05, 3.63) is 35.9 Å². The van der Waals surface area contributed by atoms with E-state index in [9.17, 15) is 0 Å². The SMILES string of the molecule is C=C(C)COc1cc(OC)ccc1CC(C)N. The molecule has 1 aromatic rings. The summed E-state index contributed by atoms with van der Waals surface area (Å²) in [4.78, 5) is 0. The fraction of sp³-hybridized carbons (Fsp3) is 0.429. The minimum Gasteiger partial charge on any atom is -0.497 e. The standard InChI is InChI=1S/C14H21NO2/c1-10(2)9-17-14-8-13(16-4)6-5-12(14)7-11(3)15/h5-6,8,11H,1,7,9,15H2,2-4H3. The van der Waals surface area contributed by atoms with Crippen LogP contribution in [0.5, 0.6) is 11.5 Å². The molecule has 94 valence electrons. The Kier molecular flexibility index (Phi) is 5.04. The molecule has 0 bridgehead atoms. The topological polar surface area (TPSA) is 44.5 Å². The first-order valence-corrected chi connectivity index (χ1v) is 5.72. The van der Waals surface area contributed by atoms with Crippen molar-refractivity contribution in [2.24, 2.45) is 5.73 Å². The molecule has 0 amide bonds. The molecule has 0 saturated carbocycles. The van der Waals surface area contributed by atoms with Crippen molar-refractivity contribution in [2.75, 3.05) is 13.7 Å². The van der Waals surface area contributed by atoms with Crippen LogP contribution in [0.15, 0.2) is 30.4 Å². The second-order valence-electron chi connectivity index (χ2n) is 4.40. The molecule has 3 heteroatoms. The summed E-state index contributed by atoms with van der Waals surface area (Å²) in [7, 11) is 1.64. The highest BCUT2D eigenvalue weighted by molar-refractivity contribution is 5.41. The highest BCUT2D eigenvalue weighted by Gasteiger charge is 2.08. The lowest BCUT2D eigenvalue weighted by atomic mass is 10.1. The maximum atomic E-state index is 5.82. The Hall–Kier alpha value is -1.48. The third kappa shape index (κ3) is 4.49. The fourth-order valence-corrected chi connectivity index (χ4v) is 1.51. The van der Waals surface area contributed by atoms with Crippen LogP contribution >= 0.6 is 0 Å². The van der Waals surface area contributed by atoms with Gasteiger partial charge in [0.2, 0.25) is 0 Å². The molecule has 1 atom stereocenters. The number of hydrogen-bond donors (Lipinski definition) is 1. The summed E-state index contributed by atoms with van der Waals surface area (Å²) in [6.07, 6.45) is 0.787. The summed E-state index contributed by atoms with van der Waals surface area (Å²) < 4.78 is 10.9. The monoisotopic (exact) mass is 235 g/mol. The zero-order chi connectivity index (χ0) is 12.8. The maximum absolute atomic E-state index is 5.82. The van der Waals surface area contributed by atoms with Gasteiger partial charge in [0, 0.05) is 12.1 Å². The minimum absolute atomic E-state index is 0.107.